The molecule has 8 nitrogen and oxygen atoms in total. The second-order valence-corrected chi connectivity index (χ2v) is 197. The van der Waals surface area contributed by atoms with E-state index >= 15 is 0 Å². The lowest BCUT2D eigenvalue weighted by Gasteiger charge is -2.46. The zero-order valence-electron chi connectivity index (χ0n) is 64.1. The van der Waals surface area contributed by atoms with Crippen molar-refractivity contribution < 1.29 is 28.3 Å². The zero-order chi connectivity index (χ0) is 80.7. The highest BCUT2D eigenvalue weighted by molar-refractivity contribution is 9.38. The van der Waals surface area contributed by atoms with Gasteiger partial charge in [-0.2, -0.15) is 0 Å². The van der Waals surface area contributed by atoms with Crippen molar-refractivity contribution >= 4 is 359 Å². The quantitative estimate of drug-likeness (QED) is 0.0389. The van der Waals surface area contributed by atoms with E-state index in [0.717, 1.165) is 64.9 Å². The molecule has 0 radical (unpaired) electrons. The van der Waals surface area contributed by atoms with Gasteiger partial charge in [0.2, 0.25) is 11.8 Å². The predicted molar refractivity (Wildman–Crippen MR) is 617 cm³/mol. The fourth-order valence-corrected chi connectivity index (χ4v) is 491. The van der Waals surface area contributed by atoms with Crippen molar-refractivity contribution in [3.05, 3.63) is 83.5 Å². The molecule has 104 heavy (non-hydrogen) atoms. The van der Waals surface area contributed by atoms with E-state index in [1.165, 1.54) is 11.1 Å². The summed E-state index contributed by atoms with van der Waals surface area (Å²) in [4.78, 5) is 29.5. The average molecular weight is 2220 g/mol. The number of nitrogens with zero attached hydrogens (tertiary/aromatic N) is 2. The van der Waals surface area contributed by atoms with E-state index in [9.17, 15) is 14.7 Å². The maximum Gasteiger partial charge on any atom is 0.222 e. The van der Waals surface area contributed by atoms with Crippen LogP contribution in [-0.4, -0.2) is 95.0 Å². The molecule has 1 aromatic carbocycles. The number of aliphatic hydroxyl groups is 1. The molecule has 608 valence electrons. The average Bonchev–Trinajstić information content (AvgIpc) is 0.810. The Hall–Kier alpha value is 15.0. The standard InChI is InChI=1S/C30H49NO3Si.C23H43NO3Si.H23P21.H22P20/c1-24-19-20-27(34-35(7,8)30(3,4)5)17-13-10-14-18-28(32)31(6)29(24)25(2)21-22-33-23-26-15-11-9-12-16-26;1-18-14-15-20(27-28(7,8)23(3,4)5)12-10-9-11-13-21(26)24(6)22(18)19(2)16-17-25;1-12-18(13(2)3)21(19(14(4)5)15(6)7)20(16(8)9)17(10)11;1-12(2)17(11)20(18(13(3)4)14(5)6)19(15(7)8)16(9)10/h9,11-12,15-16,19-21,24,27,29H,10,13-14,17-18,22-23H2,1-8H3;14-16,18,20,22,25H,9-13,17H2,1-8H3;12H,1-11H2;1-11H2/b20-19+,25-21+;15-14+,19-16+;;/t24-,27?,29?;18-,20?,22?;;/m00../s1. The fourth-order valence-electron chi connectivity index (χ4n) is 10.0. The number of hydrogen-bond donors (Lipinski definition) is 1. The molecule has 0 fully saturated rings. The molecule has 0 saturated carbocycles. The Labute approximate surface area is 712 Å². The van der Waals surface area contributed by atoms with Gasteiger partial charge in [0.25, 0.3) is 0 Å². The number of amides is 2. The lowest BCUT2D eigenvalue weighted by Crippen LogP contribution is -2.44. The van der Waals surface area contributed by atoms with E-state index in [2.05, 4.69) is 327 Å². The van der Waals surface area contributed by atoms with E-state index < -0.39 is 16.6 Å². The van der Waals surface area contributed by atoms with Gasteiger partial charge in [-0.25, -0.2) is 0 Å². The van der Waals surface area contributed by atoms with Gasteiger partial charge in [0.15, 0.2) is 16.6 Å². The van der Waals surface area contributed by atoms with Gasteiger partial charge in [0.1, 0.15) is 0 Å². The fraction of sp³-hybridized carbons (Fsp3) is 0.698. The lowest BCUT2D eigenvalue weighted by molar-refractivity contribution is -0.132. The summed E-state index contributed by atoms with van der Waals surface area (Å²) in [6, 6.07) is 10.2. The molecule has 0 aromatic heterocycles. The number of ether oxygens (including phenoxy) is 1. The van der Waals surface area contributed by atoms with Crippen LogP contribution < -0.4 is 0 Å². The van der Waals surface area contributed by atoms with Gasteiger partial charge in [0.05, 0.1) is 44.1 Å². The summed E-state index contributed by atoms with van der Waals surface area (Å²) < 4.78 is 19.4. The molecule has 0 spiro atoms. The maximum absolute atomic E-state index is 13.0. The largest absolute Gasteiger partial charge is 0.411 e. The van der Waals surface area contributed by atoms with Crippen LogP contribution >= 0.6 is 330 Å². The summed E-state index contributed by atoms with van der Waals surface area (Å²) in [6.45, 7) is 34.0. The minimum absolute atomic E-state index is 0.00208. The van der Waals surface area contributed by atoms with Crippen LogP contribution in [0.3, 0.4) is 0 Å². The highest BCUT2D eigenvalue weighted by Crippen LogP contribution is 3.32. The van der Waals surface area contributed by atoms with Crippen molar-refractivity contribution in [2.24, 2.45) is 11.8 Å². The van der Waals surface area contributed by atoms with Crippen molar-refractivity contribution in [3.63, 3.8) is 0 Å². The molecule has 51 heteroatoms. The van der Waals surface area contributed by atoms with Gasteiger partial charge in [-0.1, -0.05) is 167 Å². The highest BCUT2D eigenvalue weighted by atomic mass is 33.4. The zero-order valence-corrected chi connectivity index (χ0v) is 109. The first kappa shape index (κ1) is 119. The molecule has 2 aliphatic heterocycles. The van der Waals surface area contributed by atoms with Crippen LogP contribution in [0.15, 0.2) is 77.9 Å². The molecule has 1 N–H and O–H groups in total. The molecule has 2 heterocycles. The third kappa shape index (κ3) is 46.0. The minimum Gasteiger partial charge on any atom is -0.411 e. The molecule has 0 bridgehead atoms. The number of likely N-dealkylation sites (N-methyl/N-ethyl adjacent to an activating group) is 2. The number of hydrogen-bond acceptors (Lipinski definition) is 6. The van der Waals surface area contributed by atoms with Gasteiger partial charge in [-0.3, -0.25) is 9.59 Å². The molecular formula is C53H137N2O6P41Si2. The van der Waals surface area contributed by atoms with Crippen LogP contribution in [-0.2, 0) is 29.8 Å². The number of benzene rings is 1. The molecule has 1 aromatic rings. The molecule has 0 aliphatic carbocycles. The first-order valence-electron chi connectivity index (χ1n) is 33.3. The minimum atomic E-state index is -1.86. The summed E-state index contributed by atoms with van der Waals surface area (Å²) in [5, 5.41) is 9.72. The number of carbonyl (C=O) groups excluding carboxylic acids is 2. The van der Waals surface area contributed by atoms with E-state index in [-0.39, 0.29) is 190 Å². The van der Waals surface area contributed by atoms with Gasteiger partial charge in [0, 0.05) is 26.9 Å². The van der Waals surface area contributed by atoms with Crippen LogP contribution in [0.1, 0.15) is 139 Å². The molecule has 2 aliphatic rings. The lowest BCUT2D eigenvalue weighted by atomic mass is 9.91. The van der Waals surface area contributed by atoms with E-state index in [1.807, 2.05) is 55.1 Å². The molecule has 3 rings (SSSR count). The number of carbonyl (C=O) groups is 2. The van der Waals surface area contributed by atoms with Crippen LogP contribution in [0, 0.1) is 11.8 Å². The Morgan fingerprint density at radius 3 is 1.13 bits per heavy atom. The second kappa shape index (κ2) is 63.1. The van der Waals surface area contributed by atoms with Gasteiger partial charge in [-0.05, 0) is 219 Å². The second-order valence-electron chi connectivity index (χ2n) is 27.6. The molecule has 31 atom stereocenters. The van der Waals surface area contributed by atoms with Crippen molar-refractivity contribution in [2.45, 2.75) is 201 Å². The van der Waals surface area contributed by atoms with E-state index in [0.29, 0.717) is 26.1 Å². The van der Waals surface area contributed by atoms with E-state index in [1.54, 1.807) is 0 Å². The Morgan fingerprint density at radius 2 is 0.837 bits per heavy atom. The molecular weight excluding hydrogens is 2090 g/mol. The van der Waals surface area contributed by atoms with Crippen molar-refractivity contribution in [1.82, 2.24) is 9.80 Å². The van der Waals surface area contributed by atoms with Crippen LogP contribution in [0.4, 0.5) is 0 Å². The first-order chi connectivity index (χ1) is 47.9. The Morgan fingerprint density at radius 1 is 0.500 bits per heavy atom. The third-order valence-electron chi connectivity index (χ3n) is 17.3. The monoisotopic (exact) mass is 2220 g/mol. The first-order valence-corrected chi connectivity index (χ1v) is 112. The molecule has 0 saturated heterocycles. The Bertz CT molecular complexity index is 2600. The smallest absolute Gasteiger partial charge is 0.222 e. The van der Waals surface area contributed by atoms with Gasteiger partial charge < -0.3 is 28.5 Å². The number of rotatable bonds is 28. The summed E-state index contributed by atoms with van der Waals surface area (Å²) in [5.74, 6) is 0.745. The van der Waals surface area contributed by atoms with Crippen molar-refractivity contribution in [3.8, 4) is 0 Å². The topological polar surface area (TPSA) is 88.5 Å². The highest BCUT2D eigenvalue weighted by Gasteiger charge is 2.45. The Kier molecular flexibility index (Phi) is 72.2. The van der Waals surface area contributed by atoms with E-state index in [4.69, 9.17) is 13.6 Å². The van der Waals surface area contributed by atoms with Crippen molar-refractivity contribution in [1.29, 1.82) is 0 Å². The third-order valence-corrected chi connectivity index (χ3v) is 284. The normalized spacial score (nSPS) is 21.8. The summed E-state index contributed by atoms with van der Waals surface area (Å²) in [6.07, 6.45) is 22.6. The summed E-state index contributed by atoms with van der Waals surface area (Å²) in [5.41, 5.74) is 3.38. The van der Waals surface area contributed by atoms with Gasteiger partial charge >= 0.3 is 0 Å². The predicted octanol–water partition coefficient (Wildman–Crippen LogP) is 36.1. The molecule has 29 unspecified atom stereocenters. The van der Waals surface area contributed by atoms with Crippen LogP contribution in [0.5, 0.6) is 0 Å². The number of aliphatic hydroxyl groups excluding tert-OH is 1. The summed E-state index contributed by atoms with van der Waals surface area (Å²) >= 11 is 0. The van der Waals surface area contributed by atoms with Gasteiger partial charge in [-0.15, -0.1) is 196 Å². The summed E-state index contributed by atoms with van der Waals surface area (Å²) in [7, 11) is 70.8. The SMILES string of the molecule is C/C(=C\CO)C1[C@@H](C)/C=C/C(O[Si](C)(C)C(C)(C)C)CCCCCC(=O)N1C.C/C(=C\COCc1ccccc1)C1[C@@H](C)/C=C/C(O[Si](C)(C)C(C)(C)C)CCCCCC(=O)N1C.PP(P)P(P)P(P(P(P)P)P(P)P)P(P(P)P)P(P)P.PPP(P(P)P)P(P(P(P)P)P(P)P)P(P(P)P)P(P)P. The van der Waals surface area contributed by atoms with Crippen molar-refractivity contribution in [2.75, 3.05) is 27.3 Å². The Balaban J connectivity index is 0.00000140. The maximum atomic E-state index is 13.0. The van der Waals surface area contributed by atoms with Crippen LogP contribution in [0.2, 0.25) is 36.3 Å². The molecule has 2 amide bonds. The van der Waals surface area contributed by atoms with Crippen LogP contribution in [0.25, 0.3) is 0 Å².